The first-order chi connectivity index (χ1) is 10.7. The highest BCUT2D eigenvalue weighted by molar-refractivity contribution is 5.35. The lowest BCUT2D eigenvalue weighted by Crippen LogP contribution is -2.03. The summed E-state index contributed by atoms with van der Waals surface area (Å²) in [7, 11) is 0. The molecule has 0 radical (unpaired) electrons. The number of aryl methyl sites for hydroxylation is 1. The normalized spacial score (nSPS) is 11.2. The molecule has 1 unspecified atom stereocenters. The lowest BCUT2D eigenvalue weighted by atomic mass is 9.95. The third kappa shape index (κ3) is 4.11. The molecule has 2 aromatic rings. The lowest BCUT2D eigenvalue weighted by Gasteiger charge is -2.11. The fraction of sp³-hybridized carbons (Fsp3) is 0.263. The number of para-hydroxylation sites is 1. The first kappa shape index (κ1) is 15.6. The van der Waals surface area contributed by atoms with Crippen LogP contribution in [-0.4, -0.2) is 6.61 Å². The average molecular weight is 290 g/mol. The van der Waals surface area contributed by atoms with Crippen LogP contribution in [0.5, 0.6) is 5.75 Å². The van der Waals surface area contributed by atoms with E-state index in [1.54, 1.807) is 12.1 Å². The Kier molecular flexibility index (Phi) is 5.57. The average Bonchev–Trinajstić information content (AvgIpc) is 2.57. The predicted octanol–water partition coefficient (Wildman–Crippen LogP) is 4.33. The van der Waals surface area contributed by atoms with Gasteiger partial charge in [0.05, 0.1) is 30.2 Å². The van der Waals surface area contributed by atoms with Crippen LogP contribution in [-0.2, 0) is 0 Å². The topological polar surface area (TPSA) is 56.8 Å². The van der Waals surface area contributed by atoms with Crippen LogP contribution in [0, 0.1) is 29.6 Å². The van der Waals surface area contributed by atoms with Crippen LogP contribution in [0.1, 0.15) is 35.4 Å². The molecule has 3 nitrogen and oxygen atoms in total. The number of benzene rings is 2. The summed E-state index contributed by atoms with van der Waals surface area (Å²) in [6.45, 7) is 2.61. The van der Waals surface area contributed by atoms with Crippen LogP contribution < -0.4 is 4.74 Å². The highest BCUT2D eigenvalue weighted by atomic mass is 16.5. The smallest absolute Gasteiger partial charge is 0.122 e. The van der Waals surface area contributed by atoms with Crippen molar-refractivity contribution in [2.45, 2.75) is 25.7 Å². The summed E-state index contributed by atoms with van der Waals surface area (Å²) in [5.41, 5.74) is 2.69. The summed E-state index contributed by atoms with van der Waals surface area (Å²) in [5.74, 6) is 0.739. The number of ether oxygens (including phenoxy) is 1. The summed E-state index contributed by atoms with van der Waals surface area (Å²) in [6.07, 6.45) is 1.56. The molecule has 0 aliphatic carbocycles. The molecule has 0 amide bonds. The van der Waals surface area contributed by atoms with Crippen molar-refractivity contribution in [1.82, 2.24) is 0 Å². The minimum atomic E-state index is -0.159. The molecule has 3 heteroatoms. The monoisotopic (exact) mass is 290 g/mol. The first-order valence-electron chi connectivity index (χ1n) is 7.32. The molecule has 0 aliphatic heterocycles. The van der Waals surface area contributed by atoms with Crippen LogP contribution in [0.2, 0.25) is 0 Å². The van der Waals surface area contributed by atoms with Gasteiger partial charge >= 0.3 is 0 Å². The van der Waals surface area contributed by atoms with Gasteiger partial charge in [0.15, 0.2) is 0 Å². The van der Waals surface area contributed by atoms with Gasteiger partial charge in [-0.2, -0.15) is 10.5 Å². The molecule has 110 valence electrons. The van der Waals surface area contributed by atoms with Gasteiger partial charge < -0.3 is 4.74 Å². The van der Waals surface area contributed by atoms with E-state index in [0.29, 0.717) is 12.2 Å². The quantitative estimate of drug-likeness (QED) is 0.744. The Bertz CT molecular complexity index is 693. The van der Waals surface area contributed by atoms with Crippen molar-refractivity contribution in [3.05, 3.63) is 65.2 Å². The standard InChI is InChI=1S/C19H18N2O/c1-15-5-2-3-7-19(15)22-12-4-6-18(14-21)17-10-8-16(13-20)9-11-17/h2-3,5,7-11,18H,4,6,12H2,1H3. The molecule has 0 bridgehead atoms. The minimum Gasteiger partial charge on any atom is -0.493 e. The Morgan fingerprint density at radius 2 is 1.77 bits per heavy atom. The van der Waals surface area contributed by atoms with E-state index < -0.39 is 0 Å². The van der Waals surface area contributed by atoms with Crippen LogP contribution in [0.4, 0.5) is 0 Å². The Labute approximate surface area is 131 Å². The molecule has 22 heavy (non-hydrogen) atoms. The van der Waals surface area contributed by atoms with Gasteiger partial charge in [-0.15, -0.1) is 0 Å². The molecule has 0 N–H and O–H groups in total. The lowest BCUT2D eigenvalue weighted by molar-refractivity contribution is 0.303. The Hall–Kier alpha value is -2.78. The minimum absolute atomic E-state index is 0.159. The van der Waals surface area contributed by atoms with Gasteiger partial charge in [-0.25, -0.2) is 0 Å². The molecule has 0 spiro atoms. The molecular formula is C19H18N2O. The molecule has 0 saturated heterocycles. The van der Waals surface area contributed by atoms with Crippen molar-refractivity contribution in [3.63, 3.8) is 0 Å². The highest BCUT2D eigenvalue weighted by Crippen LogP contribution is 2.22. The second-order valence-electron chi connectivity index (χ2n) is 5.17. The van der Waals surface area contributed by atoms with E-state index in [1.807, 2.05) is 43.3 Å². The number of rotatable bonds is 6. The van der Waals surface area contributed by atoms with Gasteiger partial charge in [0.1, 0.15) is 5.75 Å². The molecule has 2 aromatic carbocycles. The zero-order valence-corrected chi connectivity index (χ0v) is 12.6. The number of hydrogen-bond acceptors (Lipinski definition) is 3. The van der Waals surface area contributed by atoms with Crippen molar-refractivity contribution in [2.75, 3.05) is 6.61 Å². The van der Waals surface area contributed by atoms with Gasteiger partial charge in [-0.05, 0) is 49.1 Å². The zero-order chi connectivity index (χ0) is 15.8. The van der Waals surface area contributed by atoms with E-state index in [4.69, 9.17) is 10.00 Å². The van der Waals surface area contributed by atoms with Crippen molar-refractivity contribution in [2.24, 2.45) is 0 Å². The van der Waals surface area contributed by atoms with Crippen LogP contribution in [0.15, 0.2) is 48.5 Å². The van der Waals surface area contributed by atoms with E-state index in [1.165, 1.54) is 0 Å². The number of nitrogens with zero attached hydrogens (tertiary/aromatic N) is 2. The maximum absolute atomic E-state index is 9.31. The van der Waals surface area contributed by atoms with Crippen molar-refractivity contribution in [3.8, 4) is 17.9 Å². The summed E-state index contributed by atoms with van der Waals surface area (Å²) in [6, 6.07) is 19.5. The molecule has 0 heterocycles. The number of hydrogen-bond donors (Lipinski definition) is 0. The van der Waals surface area contributed by atoms with Crippen molar-refractivity contribution >= 4 is 0 Å². The van der Waals surface area contributed by atoms with Crippen LogP contribution in [0.3, 0.4) is 0 Å². The Morgan fingerprint density at radius 3 is 2.41 bits per heavy atom. The van der Waals surface area contributed by atoms with E-state index in [9.17, 15) is 5.26 Å². The second kappa shape index (κ2) is 7.86. The molecular weight excluding hydrogens is 272 g/mol. The molecule has 2 rings (SSSR count). The summed E-state index contributed by atoms with van der Waals surface area (Å²) < 4.78 is 5.75. The predicted molar refractivity (Wildman–Crippen MR) is 85.4 cm³/mol. The van der Waals surface area contributed by atoms with E-state index in [-0.39, 0.29) is 5.92 Å². The van der Waals surface area contributed by atoms with Crippen molar-refractivity contribution < 1.29 is 4.74 Å². The maximum Gasteiger partial charge on any atom is 0.122 e. The molecule has 0 fully saturated rings. The fourth-order valence-corrected chi connectivity index (χ4v) is 2.28. The molecule has 1 atom stereocenters. The van der Waals surface area contributed by atoms with Crippen LogP contribution >= 0.6 is 0 Å². The fourth-order valence-electron chi connectivity index (χ4n) is 2.28. The third-order valence-corrected chi connectivity index (χ3v) is 3.59. The van der Waals surface area contributed by atoms with Crippen molar-refractivity contribution in [1.29, 1.82) is 10.5 Å². The van der Waals surface area contributed by atoms with Gasteiger partial charge in [0.25, 0.3) is 0 Å². The second-order valence-corrected chi connectivity index (χ2v) is 5.17. The third-order valence-electron chi connectivity index (χ3n) is 3.59. The summed E-state index contributed by atoms with van der Waals surface area (Å²) >= 11 is 0. The molecule has 0 aromatic heterocycles. The highest BCUT2D eigenvalue weighted by Gasteiger charge is 2.10. The zero-order valence-electron chi connectivity index (χ0n) is 12.6. The van der Waals surface area contributed by atoms with E-state index >= 15 is 0 Å². The summed E-state index contributed by atoms with van der Waals surface area (Å²) in [5, 5.41) is 18.1. The molecule has 0 aliphatic rings. The maximum atomic E-state index is 9.31. The van der Waals surface area contributed by atoms with Gasteiger partial charge in [-0.1, -0.05) is 30.3 Å². The van der Waals surface area contributed by atoms with Gasteiger partial charge in [0, 0.05) is 0 Å². The Balaban J connectivity index is 1.85. The summed E-state index contributed by atoms with van der Waals surface area (Å²) in [4.78, 5) is 0. The van der Waals surface area contributed by atoms with E-state index in [2.05, 4.69) is 12.1 Å². The SMILES string of the molecule is Cc1ccccc1OCCCC(C#N)c1ccc(C#N)cc1. The first-order valence-corrected chi connectivity index (χ1v) is 7.32. The largest absolute Gasteiger partial charge is 0.493 e. The molecule has 0 saturated carbocycles. The van der Waals surface area contributed by atoms with E-state index in [0.717, 1.165) is 29.7 Å². The number of nitriles is 2. The van der Waals surface area contributed by atoms with Crippen LogP contribution in [0.25, 0.3) is 0 Å². The van der Waals surface area contributed by atoms with Gasteiger partial charge in [0.2, 0.25) is 0 Å². The van der Waals surface area contributed by atoms with Gasteiger partial charge in [-0.3, -0.25) is 0 Å². The Morgan fingerprint density at radius 1 is 1.05 bits per heavy atom.